The van der Waals surface area contributed by atoms with E-state index in [4.69, 9.17) is 14.8 Å². The quantitative estimate of drug-likeness (QED) is 0.152. The molecule has 0 aliphatic rings. The highest BCUT2D eigenvalue weighted by atomic mass is 16.5. The van der Waals surface area contributed by atoms with Crippen molar-refractivity contribution in [3.05, 3.63) is 130 Å². The van der Waals surface area contributed by atoms with Crippen molar-refractivity contribution in [3.8, 4) is 34.1 Å². The second kappa shape index (κ2) is 13.8. The minimum Gasteiger partial charge on any atom is -0.457 e. The molecule has 0 fully saturated rings. The minimum absolute atomic E-state index is 0.0994. The van der Waals surface area contributed by atoms with Gasteiger partial charge in [-0.15, -0.1) is 0 Å². The zero-order valence-corrected chi connectivity index (χ0v) is 32.6. The summed E-state index contributed by atoms with van der Waals surface area (Å²) in [6, 6.07) is 30.6. The summed E-state index contributed by atoms with van der Waals surface area (Å²) < 4.78 is 11.2. The summed E-state index contributed by atoms with van der Waals surface area (Å²) >= 11 is 0. The first-order chi connectivity index (χ1) is 24.9. The van der Waals surface area contributed by atoms with Crippen molar-refractivity contribution < 1.29 is 4.74 Å². The molecule has 5 heteroatoms. The molecule has 0 N–H and O–H groups in total. The van der Waals surface area contributed by atoms with E-state index in [1.165, 1.54) is 49.7 Å². The highest BCUT2D eigenvalue weighted by Crippen LogP contribution is 2.39. The molecular weight excluding hydrogens is 637 g/mol. The molecule has 4 aromatic carbocycles. The summed E-state index contributed by atoms with van der Waals surface area (Å²) in [6.07, 6.45) is 4.90. The van der Waals surface area contributed by atoms with E-state index in [1.54, 1.807) is 0 Å². The summed E-state index contributed by atoms with van der Waals surface area (Å²) in [4.78, 5) is 4.86. The first-order valence-electron chi connectivity index (χ1n) is 18.9. The Bertz CT molecular complexity index is 2410. The van der Waals surface area contributed by atoms with Crippen molar-refractivity contribution in [2.75, 3.05) is 0 Å². The van der Waals surface area contributed by atoms with Gasteiger partial charge in [0.2, 0.25) is 0 Å². The van der Waals surface area contributed by atoms with Gasteiger partial charge in [0, 0.05) is 40.4 Å². The molecule has 52 heavy (non-hydrogen) atoms. The summed E-state index contributed by atoms with van der Waals surface area (Å²) in [5, 5.41) is 7.56. The normalized spacial score (nSPS) is 12.1. The lowest BCUT2D eigenvalue weighted by Gasteiger charge is -2.22. The number of nitrogens with zero attached hydrogens (tertiary/aromatic N) is 4. The number of aromatic nitrogens is 4. The van der Waals surface area contributed by atoms with Gasteiger partial charge < -0.3 is 4.74 Å². The molecule has 0 atom stereocenters. The highest BCUT2D eigenvalue weighted by Gasteiger charge is 2.23. The van der Waals surface area contributed by atoms with Crippen molar-refractivity contribution >= 4 is 21.8 Å². The Morgan fingerprint density at radius 1 is 0.731 bits per heavy atom. The van der Waals surface area contributed by atoms with Gasteiger partial charge in [-0.2, -0.15) is 5.10 Å². The van der Waals surface area contributed by atoms with E-state index in [0.29, 0.717) is 5.92 Å². The molecule has 3 aromatic heterocycles. The van der Waals surface area contributed by atoms with Crippen LogP contribution in [0, 0.1) is 26.7 Å². The van der Waals surface area contributed by atoms with Crippen molar-refractivity contribution in [1.82, 2.24) is 19.3 Å². The predicted octanol–water partition coefficient (Wildman–Crippen LogP) is 12.4. The average molecular weight is 689 g/mol. The van der Waals surface area contributed by atoms with Gasteiger partial charge in [0.15, 0.2) is 0 Å². The van der Waals surface area contributed by atoms with E-state index < -0.39 is 0 Å². The molecule has 0 bridgehead atoms. The van der Waals surface area contributed by atoms with Crippen LogP contribution in [-0.2, 0) is 24.7 Å². The molecule has 0 aliphatic carbocycles. The minimum atomic E-state index is -0.0994. The standard InChI is InChI=1S/C47H52N4O/c1-11-34-22-30(5)23-35(12-2)46(34)45-31(6)49-51(32(45)7)37-25-36(47(8,9)10)26-39(27-37)52-38-17-18-41-40-15-13-14-16-42(40)50(43(41)28-38)44-24-33(19-20-48-44)21-29(3)4/h13-20,22-29H,11-12,21H2,1-10H3. The topological polar surface area (TPSA) is 44.9 Å². The van der Waals surface area contributed by atoms with Crippen molar-refractivity contribution in [1.29, 1.82) is 0 Å². The van der Waals surface area contributed by atoms with Gasteiger partial charge in [0.1, 0.15) is 17.3 Å². The maximum atomic E-state index is 6.82. The molecule has 0 saturated carbocycles. The molecule has 7 aromatic rings. The Labute approximate surface area is 309 Å². The third-order valence-corrected chi connectivity index (χ3v) is 10.3. The summed E-state index contributed by atoms with van der Waals surface area (Å²) in [5.74, 6) is 3.05. The lowest BCUT2D eigenvalue weighted by atomic mass is 9.86. The lowest BCUT2D eigenvalue weighted by molar-refractivity contribution is 0.478. The maximum Gasteiger partial charge on any atom is 0.137 e. The van der Waals surface area contributed by atoms with Crippen LogP contribution >= 0.6 is 0 Å². The van der Waals surface area contributed by atoms with E-state index in [9.17, 15) is 0 Å². The molecule has 0 amide bonds. The van der Waals surface area contributed by atoms with Gasteiger partial charge in [0.25, 0.3) is 0 Å². The van der Waals surface area contributed by atoms with Crippen LogP contribution in [0.25, 0.3) is 44.4 Å². The molecule has 7 rings (SSSR count). The third kappa shape index (κ3) is 6.53. The van der Waals surface area contributed by atoms with Crippen molar-refractivity contribution in [2.45, 2.75) is 93.9 Å². The highest BCUT2D eigenvalue weighted by molar-refractivity contribution is 6.09. The Morgan fingerprint density at radius 3 is 2.13 bits per heavy atom. The second-order valence-electron chi connectivity index (χ2n) is 15.8. The number of aryl methyl sites for hydroxylation is 4. The van der Waals surface area contributed by atoms with Gasteiger partial charge in [-0.3, -0.25) is 4.57 Å². The first kappa shape index (κ1) is 35.3. The number of hydrogen-bond acceptors (Lipinski definition) is 3. The predicted molar refractivity (Wildman–Crippen MR) is 218 cm³/mol. The summed E-state index contributed by atoms with van der Waals surface area (Å²) in [5.41, 5.74) is 14.4. The zero-order valence-electron chi connectivity index (χ0n) is 32.6. The van der Waals surface area contributed by atoms with Crippen LogP contribution < -0.4 is 4.74 Å². The van der Waals surface area contributed by atoms with E-state index >= 15 is 0 Å². The number of hydrogen-bond donors (Lipinski definition) is 0. The number of pyridine rings is 1. The molecule has 0 aliphatic heterocycles. The van der Waals surface area contributed by atoms with Crippen LogP contribution in [0.15, 0.2) is 91.1 Å². The third-order valence-electron chi connectivity index (χ3n) is 10.3. The second-order valence-corrected chi connectivity index (χ2v) is 15.8. The fraction of sp³-hybridized carbons (Fsp3) is 0.319. The Morgan fingerprint density at radius 2 is 1.44 bits per heavy atom. The number of rotatable bonds is 9. The molecule has 0 spiro atoms. The van der Waals surface area contributed by atoms with E-state index in [-0.39, 0.29) is 5.41 Å². The van der Waals surface area contributed by atoms with Crippen LogP contribution in [0.4, 0.5) is 0 Å². The number of para-hydroxylation sites is 1. The van der Waals surface area contributed by atoms with Gasteiger partial charge in [-0.05, 0) is 122 Å². The zero-order chi connectivity index (χ0) is 36.9. The van der Waals surface area contributed by atoms with Crippen LogP contribution in [0.1, 0.15) is 87.7 Å². The number of fused-ring (bicyclic) bond motifs is 3. The van der Waals surface area contributed by atoms with Gasteiger partial charge in [-0.1, -0.05) is 84.4 Å². The average Bonchev–Trinajstić information content (AvgIpc) is 3.59. The van der Waals surface area contributed by atoms with Crippen LogP contribution in [0.3, 0.4) is 0 Å². The molecule has 0 saturated heterocycles. The molecular formula is C47H52N4O. The Balaban J connectivity index is 1.35. The van der Waals surface area contributed by atoms with Gasteiger partial charge >= 0.3 is 0 Å². The van der Waals surface area contributed by atoms with Gasteiger partial charge in [0.05, 0.1) is 22.4 Å². The summed E-state index contributed by atoms with van der Waals surface area (Å²) in [6.45, 7) is 22.3. The van der Waals surface area contributed by atoms with E-state index in [2.05, 4.69) is 163 Å². The van der Waals surface area contributed by atoms with Crippen LogP contribution in [-0.4, -0.2) is 19.3 Å². The van der Waals surface area contributed by atoms with E-state index in [1.807, 2.05) is 6.20 Å². The number of ether oxygens (including phenoxy) is 1. The fourth-order valence-electron chi connectivity index (χ4n) is 7.85. The lowest BCUT2D eigenvalue weighted by Crippen LogP contribution is -2.12. The maximum absolute atomic E-state index is 6.82. The molecule has 0 radical (unpaired) electrons. The molecule has 5 nitrogen and oxygen atoms in total. The molecule has 3 heterocycles. The van der Waals surface area contributed by atoms with E-state index in [0.717, 1.165) is 64.7 Å². The monoisotopic (exact) mass is 688 g/mol. The summed E-state index contributed by atoms with van der Waals surface area (Å²) in [7, 11) is 0. The largest absolute Gasteiger partial charge is 0.457 e. The van der Waals surface area contributed by atoms with Crippen molar-refractivity contribution in [2.24, 2.45) is 5.92 Å². The number of benzene rings is 4. The Hall–Kier alpha value is -5.16. The SMILES string of the molecule is CCc1cc(C)cc(CC)c1-c1c(C)nn(-c2cc(Oc3ccc4c5ccccc5n(-c5cc(CC(C)C)ccn5)c4c3)cc(C(C)(C)C)c2)c1C. The van der Waals surface area contributed by atoms with Gasteiger partial charge in [-0.25, -0.2) is 9.67 Å². The van der Waals surface area contributed by atoms with Crippen LogP contribution in [0.5, 0.6) is 11.5 Å². The smallest absolute Gasteiger partial charge is 0.137 e. The molecule has 0 unspecified atom stereocenters. The van der Waals surface area contributed by atoms with Crippen molar-refractivity contribution in [3.63, 3.8) is 0 Å². The Kier molecular flexibility index (Phi) is 9.33. The van der Waals surface area contributed by atoms with Crippen LogP contribution in [0.2, 0.25) is 0 Å². The molecule has 266 valence electrons. The first-order valence-corrected chi connectivity index (χ1v) is 18.9. The fourth-order valence-corrected chi connectivity index (χ4v) is 7.85.